The molecule has 0 atom stereocenters. The molecule has 0 saturated carbocycles. The first-order valence-electron chi connectivity index (χ1n) is 7.40. The summed E-state index contributed by atoms with van der Waals surface area (Å²) >= 11 is 0. The lowest BCUT2D eigenvalue weighted by molar-refractivity contribution is 0.299. The lowest BCUT2D eigenvalue weighted by Crippen LogP contribution is -2.12. The first kappa shape index (κ1) is 18.9. The second kappa shape index (κ2) is 10.6. The Morgan fingerprint density at radius 2 is 1.70 bits per heavy atom. The van der Waals surface area contributed by atoms with Crippen LogP contribution in [0.5, 0.6) is 11.5 Å². The summed E-state index contributed by atoms with van der Waals surface area (Å²) in [5, 5.41) is 3.42. The van der Waals surface area contributed by atoms with Gasteiger partial charge in [-0.3, -0.25) is 0 Å². The largest absolute Gasteiger partial charge is 0.490 e. The van der Waals surface area contributed by atoms with E-state index in [1.54, 1.807) is 0 Å². The average molecular weight is 332 g/mol. The maximum Gasteiger partial charge on any atom is 0.162 e. The number of benzene rings is 2. The Kier molecular flexibility index (Phi) is 8.67. The molecule has 0 aliphatic rings. The smallest absolute Gasteiger partial charge is 0.162 e. The quantitative estimate of drug-likeness (QED) is 0.746. The summed E-state index contributed by atoms with van der Waals surface area (Å²) in [5.74, 6) is 3.88. The van der Waals surface area contributed by atoms with Gasteiger partial charge >= 0.3 is 0 Å². The van der Waals surface area contributed by atoms with Crippen LogP contribution in [0.2, 0.25) is 0 Å². The molecular formula is C19H22ClNO2. The summed E-state index contributed by atoms with van der Waals surface area (Å²) in [5.41, 5.74) is 2.41. The maximum atomic E-state index is 5.62. The molecule has 2 aromatic carbocycles. The number of halogens is 1. The fraction of sp³-hybridized carbons (Fsp3) is 0.263. The van der Waals surface area contributed by atoms with Gasteiger partial charge < -0.3 is 14.8 Å². The van der Waals surface area contributed by atoms with Crippen LogP contribution < -0.4 is 14.8 Å². The van der Waals surface area contributed by atoms with Gasteiger partial charge in [-0.1, -0.05) is 42.3 Å². The standard InChI is InChI=1S/C19H21NO2.ClH/c1-3-12-22-18-11-10-17(13-19(18)21-4-2)15-20-14-16-8-6-5-7-9-16;/h1,5-11,13,20H,4,12,14-15H2,2H3;1H. The highest BCUT2D eigenvalue weighted by Gasteiger charge is 2.06. The Hall–Kier alpha value is -2.15. The molecule has 122 valence electrons. The molecule has 0 saturated heterocycles. The van der Waals surface area contributed by atoms with Gasteiger partial charge in [-0.2, -0.15) is 0 Å². The van der Waals surface area contributed by atoms with E-state index in [1.807, 2.05) is 43.3 Å². The number of nitrogens with one attached hydrogen (secondary N) is 1. The van der Waals surface area contributed by atoms with Crippen molar-refractivity contribution in [1.82, 2.24) is 5.32 Å². The fourth-order valence-electron chi connectivity index (χ4n) is 2.12. The van der Waals surface area contributed by atoms with E-state index in [9.17, 15) is 0 Å². The van der Waals surface area contributed by atoms with Crippen LogP contribution in [-0.4, -0.2) is 13.2 Å². The zero-order chi connectivity index (χ0) is 15.6. The molecule has 4 heteroatoms. The zero-order valence-corrected chi connectivity index (χ0v) is 14.1. The summed E-state index contributed by atoms with van der Waals surface area (Å²) in [6.45, 7) is 4.38. The Morgan fingerprint density at radius 3 is 2.39 bits per heavy atom. The van der Waals surface area contributed by atoms with Gasteiger partial charge in [0.15, 0.2) is 11.5 Å². The third-order valence-electron chi connectivity index (χ3n) is 3.12. The average Bonchev–Trinajstić information content (AvgIpc) is 2.55. The van der Waals surface area contributed by atoms with E-state index in [0.717, 1.165) is 24.4 Å². The molecular weight excluding hydrogens is 310 g/mol. The highest BCUT2D eigenvalue weighted by atomic mass is 35.5. The topological polar surface area (TPSA) is 30.5 Å². The lowest BCUT2D eigenvalue weighted by atomic mass is 10.2. The van der Waals surface area contributed by atoms with Crippen molar-refractivity contribution >= 4 is 12.4 Å². The highest BCUT2D eigenvalue weighted by Crippen LogP contribution is 2.28. The Labute approximate surface area is 144 Å². The van der Waals surface area contributed by atoms with Gasteiger partial charge in [0, 0.05) is 13.1 Å². The van der Waals surface area contributed by atoms with Gasteiger partial charge in [-0.25, -0.2) is 0 Å². The van der Waals surface area contributed by atoms with E-state index >= 15 is 0 Å². The minimum absolute atomic E-state index is 0. The molecule has 0 aliphatic carbocycles. The van der Waals surface area contributed by atoms with Gasteiger partial charge in [0.05, 0.1) is 6.61 Å². The van der Waals surface area contributed by atoms with Crippen LogP contribution in [0.3, 0.4) is 0 Å². The van der Waals surface area contributed by atoms with Gasteiger partial charge in [0.25, 0.3) is 0 Å². The van der Waals surface area contributed by atoms with E-state index in [1.165, 1.54) is 5.56 Å². The normalized spacial score (nSPS) is 9.57. The van der Waals surface area contributed by atoms with Crippen LogP contribution in [0.1, 0.15) is 18.1 Å². The van der Waals surface area contributed by atoms with Crippen molar-refractivity contribution in [3.63, 3.8) is 0 Å². The third-order valence-corrected chi connectivity index (χ3v) is 3.12. The van der Waals surface area contributed by atoms with Gasteiger partial charge in [-0.15, -0.1) is 18.8 Å². The van der Waals surface area contributed by atoms with Crippen molar-refractivity contribution in [2.24, 2.45) is 0 Å². The third kappa shape index (κ3) is 6.23. The van der Waals surface area contributed by atoms with Crippen LogP contribution >= 0.6 is 12.4 Å². The Balaban J connectivity index is 0.00000264. The molecule has 0 radical (unpaired) electrons. The molecule has 0 unspecified atom stereocenters. The van der Waals surface area contributed by atoms with Gasteiger partial charge in [-0.05, 0) is 30.2 Å². The van der Waals surface area contributed by atoms with E-state index < -0.39 is 0 Å². The number of terminal acetylenes is 1. The molecule has 0 fully saturated rings. The number of rotatable bonds is 8. The second-order valence-corrected chi connectivity index (χ2v) is 4.80. The molecule has 0 heterocycles. The molecule has 23 heavy (non-hydrogen) atoms. The molecule has 2 rings (SSSR count). The van der Waals surface area contributed by atoms with Crippen molar-refractivity contribution in [2.45, 2.75) is 20.0 Å². The van der Waals surface area contributed by atoms with Crippen molar-refractivity contribution in [3.05, 3.63) is 59.7 Å². The molecule has 0 amide bonds. The van der Waals surface area contributed by atoms with E-state index in [0.29, 0.717) is 12.4 Å². The van der Waals surface area contributed by atoms with E-state index in [2.05, 4.69) is 23.4 Å². The van der Waals surface area contributed by atoms with Crippen LogP contribution in [0.15, 0.2) is 48.5 Å². The van der Waals surface area contributed by atoms with Crippen molar-refractivity contribution in [2.75, 3.05) is 13.2 Å². The summed E-state index contributed by atoms with van der Waals surface area (Å²) < 4.78 is 11.1. The highest BCUT2D eigenvalue weighted by molar-refractivity contribution is 5.85. The first-order valence-corrected chi connectivity index (χ1v) is 7.40. The van der Waals surface area contributed by atoms with Crippen LogP contribution in [0, 0.1) is 12.3 Å². The van der Waals surface area contributed by atoms with E-state index in [-0.39, 0.29) is 19.0 Å². The summed E-state index contributed by atoms with van der Waals surface area (Å²) in [6, 6.07) is 16.2. The van der Waals surface area contributed by atoms with Crippen LogP contribution in [-0.2, 0) is 13.1 Å². The summed E-state index contributed by atoms with van der Waals surface area (Å²) in [4.78, 5) is 0. The minimum Gasteiger partial charge on any atom is -0.490 e. The molecule has 0 spiro atoms. The minimum atomic E-state index is 0. The fourth-order valence-corrected chi connectivity index (χ4v) is 2.12. The molecule has 1 N–H and O–H groups in total. The molecule has 0 aromatic heterocycles. The monoisotopic (exact) mass is 331 g/mol. The lowest BCUT2D eigenvalue weighted by Gasteiger charge is -2.12. The summed E-state index contributed by atoms with van der Waals surface area (Å²) in [7, 11) is 0. The predicted molar refractivity (Wildman–Crippen MR) is 96.2 cm³/mol. The number of ether oxygens (including phenoxy) is 2. The van der Waals surface area contributed by atoms with Gasteiger partial charge in [0.1, 0.15) is 6.61 Å². The maximum absolute atomic E-state index is 5.62. The van der Waals surface area contributed by atoms with Crippen molar-refractivity contribution < 1.29 is 9.47 Å². The molecule has 2 aromatic rings. The predicted octanol–water partition coefficient (Wildman–Crippen LogP) is 3.81. The number of hydrogen-bond acceptors (Lipinski definition) is 3. The Bertz CT molecular complexity index is 623. The van der Waals surface area contributed by atoms with Gasteiger partial charge in [0.2, 0.25) is 0 Å². The SMILES string of the molecule is C#CCOc1ccc(CNCc2ccccc2)cc1OCC.Cl. The molecule has 0 aliphatic heterocycles. The summed E-state index contributed by atoms with van der Waals surface area (Å²) in [6.07, 6.45) is 5.23. The van der Waals surface area contributed by atoms with Crippen LogP contribution in [0.25, 0.3) is 0 Å². The first-order chi connectivity index (χ1) is 10.8. The second-order valence-electron chi connectivity index (χ2n) is 4.80. The Morgan fingerprint density at radius 1 is 0.957 bits per heavy atom. The van der Waals surface area contributed by atoms with E-state index in [4.69, 9.17) is 15.9 Å². The van der Waals surface area contributed by atoms with Crippen molar-refractivity contribution in [1.29, 1.82) is 0 Å². The van der Waals surface area contributed by atoms with Crippen molar-refractivity contribution in [3.8, 4) is 23.8 Å². The molecule has 0 bridgehead atoms. The zero-order valence-electron chi connectivity index (χ0n) is 13.2. The number of hydrogen-bond donors (Lipinski definition) is 1. The van der Waals surface area contributed by atoms with Crippen LogP contribution in [0.4, 0.5) is 0 Å². The molecule has 3 nitrogen and oxygen atoms in total.